The SMILES string of the molecule is CC[C@H]1C[C@H](C2C=CC=C(N)C2)c2cc(F)ccc2S(=O)(=O)C1. The van der Waals surface area contributed by atoms with E-state index in [0.717, 1.165) is 18.5 Å². The van der Waals surface area contributed by atoms with Gasteiger partial charge >= 0.3 is 0 Å². The summed E-state index contributed by atoms with van der Waals surface area (Å²) in [5.74, 6) is -0.0714. The lowest BCUT2D eigenvalue weighted by atomic mass is 9.76. The van der Waals surface area contributed by atoms with E-state index >= 15 is 0 Å². The summed E-state index contributed by atoms with van der Waals surface area (Å²) in [6.45, 7) is 2.01. The van der Waals surface area contributed by atoms with Crippen molar-refractivity contribution in [2.45, 2.75) is 37.0 Å². The Bertz CT molecular complexity index is 767. The minimum absolute atomic E-state index is 0.0218. The van der Waals surface area contributed by atoms with Crippen LogP contribution in [0.4, 0.5) is 4.39 Å². The fourth-order valence-electron chi connectivity index (χ4n) is 3.74. The van der Waals surface area contributed by atoms with Gasteiger partial charge in [0, 0.05) is 5.70 Å². The number of rotatable bonds is 2. The van der Waals surface area contributed by atoms with E-state index in [4.69, 9.17) is 5.73 Å². The second-order valence-corrected chi connectivity index (χ2v) is 8.58. The van der Waals surface area contributed by atoms with E-state index in [-0.39, 0.29) is 29.3 Å². The van der Waals surface area contributed by atoms with Crippen LogP contribution in [0.25, 0.3) is 0 Å². The molecule has 1 unspecified atom stereocenters. The molecule has 0 aromatic heterocycles. The molecular formula is C18H22FNO2S. The second-order valence-electron chi connectivity index (χ2n) is 6.57. The predicted molar refractivity (Wildman–Crippen MR) is 89.1 cm³/mol. The van der Waals surface area contributed by atoms with Crippen LogP contribution < -0.4 is 5.73 Å². The maximum atomic E-state index is 13.8. The van der Waals surface area contributed by atoms with Crippen molar-refractivity contribution in [2.24, 2.45) is 17.6 Å². The highest BCUT2D eigenvalue weighted by molar-refractivity contribution is 7.91. The summed E-state index contributed by atoms with van der Waals surface area (Å²) >= 11 is 0. The van der Waals surface area contributed by atoms with Crippen molar-refractivity contribution in [3.63, 3.8) is 0 Å². The molecule has 0 bridgehead atoms. The number of benzene rings is 1. The van der Waals surface area contributed by atoms with Crippen molar-refractivity contribution in [1.82, 2.24) is 0 Å². The number of allylic oxidation sites excluding steroid dienone is 4. The first-order valence-corrected chi connectivity index (χ1v) is 9.71. The second kappa shape index (κ2) is 6.11. The van der Waals surface area contributed by atoms with Gasteiger partial charge in [-0.1, -0.05) is 25.5 Å². The summed E-state index contributed by atoms with van der Waals surface area (Å²) in [5, 5.41) is 0. The lowest BCUT2D eigenvalue weighted by molar-refractivity contribution is 0.388. The van der Waals surface area contributed by atoms with Crippen LogP contribution in [0.5, 0.6) is 0 Å². The Morgan fingerprint density at radius 1 is 1.35 bits per heavy atom. The lowest BCUT2D eigenvalue weighted by Crippen LogP contribution is -2.19. The Morgan fingerprint density at radius 2 is 2.13 bits per heavy atom. The van der Waals surface area contributed by atoms with E-state index in [0.29, 0.717) is 16.9 Å². The van der Waals surface area contributed by atoms with Crippen LogP contribution >= 0.6 is 0 Å². The summed E-state index contributed by atoms with van der Waals surface area (Å²) in [6, 6.07) is 4.07. The topological polar surface area (TPSA) is 60.2 Å². The fourth-order valence-corrected chi connectivity index (χ4v) is 5.76. The number of sulfone groups is 1. The third-order valence-corrected chi connectivity index (χ3v) is 6.94. The molecule has 1 heterocycles. The zero-order valence-electron chi connectivity index (χ0n) is 13.2. The van der Waals surface area contributed by atoms with Crippen LogP contribution in [0, 0.1) is 17.7 Å². The molecule has 3 atom stereocenters. The normalized spacial score (nSPS) is 29.5. The van der Waals surface area contributed by atoms with Crippen molar-refractivity contribution in [3.8, 4) is 0 Å². The number of nitrogens with two attached hydrogens (primary N) is 1. The van der Waals surface area contributed by atoms with Gasteiger partial charge in [-0.2, -0.15) is 0 Å². The Hall–Kier alpha value is -1.62. The standard InChI is InChI=1S/C18H22FNO2S/c1-2-12-8-16(13-4-3-5-15(20)9-13)17-10-14(19)6-7-18(17)23(21,22)11-12/h3-7,10,12-13,16H,2,8-9,11,20H2,1H3/t12-,13?,16+/m0/s1. The van der Waals surface area contributed by atoms with Crippen LogP contribution in [0.3, 0.4) is 0 Å². The highest BCUT2D eigenvalue weighted by atomic mass is 32.2. The molecule has 5 heteroatoms. The van der Waals surface area contributed by atoms with Crippen molar-refractivity contribution in [1.29, 1.82) is 0 Å². The Labute approximate surface area is 137 Å². The maximum absolute atomic E-state index is 13.8. The molecule has 124 valence electrons. The average molecular weight is 335 g/mol. The average Bonchev–Trinajstić information content (AvgIpc) is 2.61. The van der Waals surface area contributed by atoms with Crippen molar-refractivity contribution in [2.75, 3.05) is 5.75 Å². The summed E-state index contributed by atoms with van der Waals surface area (Å²) in [7, 11) is -3.38. The molecule has 1 aliphatic carbocycles. The third-order valence-electron chi connectivity index (χ3n) is 4.98. The van der Waals surface area contributed by atoms with Gasteiger partial charge in [0.05, 0.1) is 10.6 Å². The summed E-state index contributed by atoms with van der Waals surface area (Å²) < 4.78 is 39.2. The van der Waals surface area contributed by atoms with Gasteiger partial charge in [0.25, 0.3) is 0 Å². The molecule has 1 aromatic rings. The zero-order chi connectivity index (χ0) is 16.6. The first kappa shape index (κ1) is 16.2. The molecule has 3 nitrogen and oxygen atoms in total. The molecule has 1 aliphatic heterocycles. The largest absolute Gasteiger partial charge is 0.402 e. The molecule has 0 radical (unpaired) electrons. The van der Waals surface area contributed by atoms with E-state index in [1.54, 1.807) is 0 Å². The molecule has 0 spiro atoms. The fraction of sp³-hybridized carbons (Fsp3) is 0.444. The summed E-state index contributed by atoms with van der Waals surface area (Å²) in [6.07, 6.45) is 8.09. The third kappa shape index (κ3) is 3.20. The van der Waals surface area contributed by atoms with Crippen LogP contribution in [-0.2, 0) is 9.84 Å². The Balaban J connectivity index is 2.12. The molecular weight excluding hydrogens is 313 g/mol. The smallest absolute Gasteiger partial charge is 0.178 e. The van der Waals surface area contributed by atoms with Gasteiger partial charge in [-0.05, 0) is 60.4 Å². The van der Waals surface area contributed by atoms with Crippen LogP contribution in [0.2, 0.25) is 0 Å². The van der Waals surface area contributed by atoms with Gasteiger partial charge < -0.3 is 5.73 Å². The highest BCUT2D eigenvalue weighted by Gasteiger charge is 2.36. The molecule has 0 fully saturated rings. The van der Waals surface area contributed by atoms with Gasteiger partial charge in [0.15, 0.2) is 9.84 Å². The van der Waals surface area contributed by atoms with Gasteiger partial charge in [-0.3, -0.25) is 0 Å². The molecule has 0 amide bonds. The van der Waals surface area contributed by atoms with Gasteiger partial charge in [-0.15, -0.1) is 0 Å². The zero-order valence-corrected chi connectivity index (χ0v) is 14.0. The Morgan fingerprint density at radius 3 is 2.83 bits per heavy atom. The van der Waals surface area contributed by atoms with E-state index in [1.165, 1.54) is 18.2 Å². The summed E-state index contributed by atoms with van der Waals surface area (Å²) in [5.41, 5.74) is 7.36. The van der Waals surface area contributed by atoms with Crippen LogP contribution in [0.1, 0.15) is 37.7 Å². The number of hydrogen-bond acceptors (Lipinski definition) is 3. The van der Waals surface area contributed by atoms with Crippen LogP contribution in [-0.4, -0.2) is 14.2 Å². The summed E-state index contributed by atoms with van der Waals surface area (Å²) in [4.78, 5) is 0.293. The van der Waals surface area contributed by atoms with Crippen molar-refractivity contribution >= 4 is 9.84 Å². The van der Waals surface area contributed by atoms with Gasteiger partial charge in [0.2, 0.25) is 0 Å². The van der Waals surface area contributed by atoms with E-state index < -0.39 is 9.84 Å². The first-order chi connectivity index (χ1) is 10.9. The highest BCUT2D eigenvalue weighted by Crippen LogP contribution is 2.43. The minimum atomic E-state index is -3.38. The molecule has 1 aromatic carbocycles. The van der Waals surface area contributed by atoms with Gasteiger partial charge in [0.1, 0.15) is 5.82 Å². The van der Waals surface area contributed by atoms with E-state index in [9.17, 15) is 12.8 Å². The number of fused-ring (bicyclic) bond motifs is 1. The molecule has 0 saturated carbocycles. The molecule has 2 N–H and O–H groups in total. The minimum Gasteiger partial charge on any atom is -0.402 e. The van der Waals surface area contributed by atoms with Crippen molar-refractivity contribution < 1.29 is 12.8 Å². The monoisotopic (exact) mass is 335 g/mol. The number of hydrogen-bond donors (Lipinski definition) is 1. The molecule has 2 aliphatic rings. The quantitative estimate of drug-likeness (QED) is 0.841. The van der Waals surface area contributed by atoms with E-state index in [1.807, 2.05) is 19.1 Å². The lowest BCUT2D eigenvalue weighted by Gasteiger charge is -2.28. The molecule has 23 heavy (non-hydrogen) atoms. The van der Waals surface area contributed by atoms with Gasteiger partial charge in [-0.25, -0.2) is 12.8 Å². The first-order valence-electron chi connectivity index (χ1n) is 8.05. The Kier molecular flexibility index (Phi) is 4.32. The predicted octanol–water partition coefficient (Wildman–Crippen LogP) is 3.53. The van der Waals surface area contributed by atoms with Crippen molar-refractivity contribution in [3.05, 3.63) is 53.5 Å². The van der Waals surface area contributed by atoms with Crippen LogP contribution in [0.15, 0.2) is 47.0 Å². The van der Waals surface area contributed by atoms with E-state index in [2.05, 4.69) is 6.08 Å². The molecule has 0 saturated heterocycles. The number of halogens is 1. The maximum Gasteiger partial charge on any atom is 0.178 e. The molecule has 3 rings (SSSR count).